The number of carbonyl (C=O) groups is 1. The molecule has 0 saturated carbocycles. The summed E-state index contributed by atoms with van der Waals surface area (Å²) in [5, 5.41) is 9.20. The number of benzene rings is 1. The van der Waals surface area contributed by atoms with Crippen LogP contribution in [0.3, 0.4) is 0 Å². The van der Waals surface area contributed by atoms with E-state index in [-0.39, 0.29) is 24.0 Å². The standard InChI is InChI=1S/C18H22N2O3/c1-11(2)17(21)20-7-8-22-16-15(20)13-9-12(10-19)5-6-14(13)23-18(16,3)4/h5-6,9,11,15-16H,7-8H2,1-4H3/t15-,16+/m1/s1. The lowest BCUT2D eigenvalue weighted by atomic mass is 9.83. The Kier molecular flexibility index (Phi) is 3.81. The number of nitrogens with zero attached hydrogens (tertiary/aromatic N) is 2. The third-order valence-corrected chi connectivity index (χ3v) is 4.54. The van der Waals surface area contributed by atoms with E-state index >= 15 is 0 Å². The summed E-state index contributed by atoms with van der Waals surface area (Å²) in [5.41, 5.74) is 0.886. The molecule has 1 fully saturated rings. The van der Waals surface area contributed by atoms with Gasteiger partial charge in [-0.15, -0.1) is 0 Å². The number of morpholine rings is 1. The number of amides is 1. The molecule has 5 nitrogen and oxygen atoms in total. The van der Waals surface area contributed by atoms with Crippen molar-refractivity contribution in [3.8, 4) is 11.8 Å². The van der Waals surface area contributed by atoms with Crippen molar-refractivity contribution in [2.75, 3.05) is 13.2 Å². The number of fused-ring (bicyclic) bond motifs is 3. The summed E-state index contributed by atoms with van der Waals surface area (Å²) in [7, 11) is 0. The lowest BCUT2D eigenvalue weighted by Crippen LogP contribution is -2.60. The molecule has 2 atom stereocenters. The Balaban J connectivity index is 2.13. The van der Waals surface area contributed by atoms with Gasteiger partial charge < -0.3 is 14.4 Å². The number of nitriles is 1. The number of ether oxygens (including phenoxy) is 2. The zero-order valence-corrected chi connectivity index (χ0v) is 14.0. The van der Waals surface area contributed by atoms with Gasteiger partial charge in [0, 0.05) is 18.0 Å². The second kappa shape index (κ2) is 5.54. The molecule has 1 amide bonds. The van der Waals surface area contributed by atoms with Crippen LogP contribution in [0, 0.1) is 17.2 Å². The lowest BCUT2D eigenvalue weighted by molar-refractivity contribution is -0.176. The van der Waals surface area contributed by atoms with Crippen molar-refractivity contribution in [1.82, 2.24) is 4.90 Å². The first-order chi connectivity index (χ1) is 10.8. The van der Waals surface area contributed by atoms with E-state index < -0.39 is 5.60 Å². The van der Waals surface area contributed by atoms with E-state index in [1.807, 2.05) is 44.7 Å². The van der Waals surface area contributed by atoms with Crippen LogP contribution in [0.4, 0.5) is 0 Å². The zero-order valence-electron chi connectivity index (χ0n) is 14.0. The molecule has 5 heteroatoms. The molecule has 122 valence electrons. The topological polar surface area (TPSA) is 62.6 Å². The Labute approximate surface area is 136 Å². The first-order valence-electron chi connectivity index (χ1n) is 8.00. The molecule has 3 rings (SSSR count). The summed E-state index contributed by atoms with van der Waals surface area (Å²) in [6, 6.07) is 7.32. The Bertz CT molecular complexity index is 675. The summed E-state index contributed by atoms with van der Waals surface area (Å²) in [4.78, 5) is 14.6. The van der Waals surface area contributed by atoms with Crippen LogP contribution in [0.5, 0.6) is 5.75 Å². The van der Waals surface area contributed by atoms with Crippen LogP contribution >= 0.6 is 0 Å². The van der Waals surface area contributed by atoms with E-state index in [4.69, 9.17) is 9.47 Å². The molecule has 0 aromatic heterocycles. The summed E-state index contributed by atoms with van der Waals surface area (Å²) in [6.07, 6.45) is -0.250. The van der Waals surface area contributed by atoms with Gasteiger partial charge in [-0.2, -0.15) is 5.26 Å². The maximum atomic E-state index is 12.7. The smallest absolute Gasteiger partial charge is 0.225 e. The third-order valence-electron chi connectivity index (χ3n) is 4.54. The Morgan fingerprint density at radius 1 is 1.43 bits per heavy atom. The Hall–Kier alpha value is -2.06. The highest BCUT2D eigenvalue weighted by Crippen LogP contribution is 2.46. The molecule has 0 bridgehead atoms. The fourth-order valence-electron chi connectivity index (χ4n) is 3.45. The van der Waals surface area contributed by atoms with E-state index in [0.29, 0.717) is 18.7 Å². The van der Waals surface area contributed by atoms with E-state index in [1.165, 1.54) is 0 Å². The monoisotopic (exact) mass is 314 g/mol. The van der Waals surface area contributed by atoms with Crippen LogP contribution in [0.15, 0.2) is 18.2 Å². The molecule has 2 aliphatic rings. The lowest BCUT2D eigenvalue weighted by Gasteiger charge is -2.51. The normalized spacial score (nSPS) is 25.1. The zero-order chi connectivity index (χ0) is 16.8. The van der Waals surface area contributed by atoms with E-state index in [1.54, 1.807) is 6.07 Å². The van der Waals surface area contributed by atoms with Gasteiger partial charge in [0.2, 0.25) is 5.91 Å². The van der Waals surface area contributed by atoms with Crippen LogP contribution in [0.2, 0.25) is 0 Å². The molecule has 1 aromatic rings. The highest BCUT2D eigenvalue weighted by atomic mass is 16.6. The second-order valence-electron chi connectivity index (χ2n) is 6.99. The van der Waals surface area contributed by atoms with Gasteiger partial charge in [-0.1, -0.05) is 13.8 Å². The summed E-state index contributed by atoms with van der Waals surface area (Å²) >= 11 is 0. The van der Waals surface area contributed by atoms with Crippen LogP contribution in [0.25, 0.3) is 0 Å². The fourth-order valence-corrected chi connectivity index (χ4v) is 3.45. The maximum Gasteiger partial charge on any atom is 0.225 e. The number of hydrogen-bond acceptors (Lipinski definition) is 4. The van der Waals surface area contributed by atoms with Gasteiger partial charge in [-0.05, 0) is 32.0 Å². The van der Waals surface area contributed by atoms with Crippen LogP contribution in [0.1, 0.15) is 44.9 Å². The van der Waals surface area contributed by atoms with E-state index in [9.17, 15) is 10.1 Å². The van der Waals surface area contributed by atoms with Gasteiger partial charge in [0.25, 0.3) is 0 Å². The summed E-state index contributed by atoms with van der Waals surface area (Å²) < 4.78 is 12.1. The van der Waals surface area contributed by atoms with E-state index in [0.717, 1.165) is 11.3 Å². The van der Waals surface area contributed by atoms with Crippen molar-refractivity contribution >= 4 is 5.91 Å². The number of carbonyl (C=O) groups excluding carboxylic acids is 1. The van der Waals surface area contributed by atoms with Gasteiger partial charge in [-0.25, -0.2) is 0 Å². The van der Waals surface area contributed by atoms with Gasteiger partial charge in [0.1, 0.15) is 17.5 Å². The van der Waals surface area contributed by atoms with Crippen LogP contribution in [-0.4, -0.2) is 35.7 Å². The van der Waals surface area contributed by atoms with Crippen molar-refractivity contribution < 1.29 is 14.3 Å². The summed E-state index contributed by atoms with van der Waals surface area (Å²) in [6.45, 7) is 8.84. The minimum Gasteiger partial charge on any atom is -0.485 e. The van der Waals surface area contributed by atoms with Crippen LogP contribution < -0.4 is 4.74 Å². The average molecular weight is 314 g/mol. The molecule has 0 radical (unpaired) electrons. The van der Waals surface area contributed by atoms with Crippen molar-refractivity contribution in [3.05, 3.63) is 29.3 Å². The van der Waals surface area contributed by atoms with E-state index in [2.05, 4.69) is 6.07 Å². The maximum absolute atomic E-state index is 12.7. The first-order valence-corrected chi connectivity index (χ1v) is 8.00. The van der Waals surface area contributed by atoms with Crippen molar-refractivity contribution in [1.29, 1.82) is 5.26 Å². The van der Waals surface area contributed by atoms with Crippen molar-refractivity contribution in [3.63, 3.8) is 0 Å². The molecule has 0 spiro atoms. The van der Waals surface area contributed by atoms with Gasteiger partial charge in [0.05, 0.1) is 24.3 Å². The van der Waals surface area contributed by atoms with Crippen molar-refractivity contribution in [2.45, 2.75) is 45.4 Å². The first kappa shape index (κ1) is 15.8. The molecular formula is C18H22N2O3. The molecule has 1 saturated heterocycles. The molecule has 0 unspecified atom stereocenters. The highest BCUT2D eigenvalue weighted by Gasteiger charge is 2.50. The molecule has 0 N–H and O–H groups in total. The predicted octanol–water partition coefficient (Wildman–Crippen LogP) is 2.65. The van der Waals surface area contributed by atoms with Crippen LogP contribution in [-0.2, 0) is 9.53 Å². The second-order valence-corrected chi connectivity index (χ2v) is 6.99. The minimum absolute atomic E-state index is 0.0812. The highest BCUT2D eigenvalue weighted by molar-refractivity contribution is 5.79. The Morgan fingerprint density at radius 3 is 2.83 bits per heavy atom. The number of rotatable bonds is 1. The molecule has 23 heavy (non-hydrogen) atoms. The predicted molar refractivity (Wildman–Crippen MR) is 84.9 cm³/mol. The largest absolute Gasteiger partial charge is 0.485 e. The Morgan fingerprint density at radius 2 is 2.17 bits per heavy atom. The molecule has 2 heterocycles. The molecule has 2 aliphatic heterocycles. The molecule has 0 aliphatic carbocycles. The quantitative estimate of drug-likeness (QED) is 0.799. The third kappa shape index (κ3) is 2.57. The SMILES string of the molecule is CC(C)C(=O)N1CCO[C@H]2[C@H]1c1cc(C#N)ccc1OC2(C)C. The van der Waals surface area contributed by atoms with Gasteiger partial charge >= 0.3 is 0 Å². The molecular weight excluding hydrogens is 292 g/mol. The fraction of sp³-hybridized carbons (Fsp3) is 0.556. The summed E-state index contributed by atoms with van der Waals surface area (Å²) in [5.74, 6) is 0.749. The molecule has 1 aromatic carbocycles. The van der Waals surface area contributed by atoms with Gasteiger partial charge in [-0.3, -0.25) is 4.79 Å². The number of hydrogen-bond donors (Lipinski definition) is 0. The average Bonchev–Trinajstić information content (AvgIpc) is 2.53. The van der Waals surface area contributed by atoms with Crippen molar-refractivity contribution in [2.24, 2.45) is 5.92 Å². The van der Waals surface area contributed by atoms with Gasteiger partial charge in [0.15, 0.2) is 0 Å². The minimum atomic E-state index is -0.540.